The molecule has 0 aliphatic heterocycles. The van der Waals surface area contributed by atoms with Crippen LogP contribution in [-0.4, -0.2) is 16.1 Å². The van der Waals surface area contributed by atoms with Gasteiger partial charge in [0.1, 0.15) is 0 Å². The Morgan fingerprint density at radius 2 is 2.20 bits per heavy atom. The number of nitrogens with zero attached hydrogens (tertiary/aromatic N) is 1. The molecule has 1 atom stereocenters. The van der Waals surface area contributed by atoms with Gasteiger partial charge in [0.05, 0.1) is 11.0 Å². The van der Waals surface area contributed by atoms with Crippen molar-refractivity contribution in [3.8, 4) is 0 Å². The van der Waals surface area contributed by atoms with Gasteiger partial charge in [-0.3, -0.25) is 10.1 Å². The molecule has 0 amide bonds. The molecule has 0 fully saturated rings. The van der Waals surface area contributed by atoms with E-state index in [0.29, 0.717) is 18.4 Å². The first-order chi connectivity index (χ1) is 7.00. The second-order valence-corrected chi connectivity index (χ2v) is 3.78. The zero-order chi connectivity index (χ0) is 11.4. The number of aryl methyl sites for hydroxylation is 2. The van der Waals surface area contributed by atoms with Crippen LogP contribution in [0.1, 0.15) is 24.5 Å². The summed E-state index contributed by atoms with van der Waals surface area (Å²) in [5, 5.41) is 19.9. The van der Waals surface area contributed by atoms with E-state index < -0.39 is 6.10 Å². The fraction of sp³-hybridized carbons (Fsp3) is 0.455. The zero-order valence-electron chi connectivity index (χ0n) is 8.93. The maximum absolute atomic E-state index is 10.7. The minimum absolute atomic E-state index is 0.140. The Kier molecular flexibility index (Phi) is 3.80. The summed E-state index contributed by atoms with van der Waals surface area (Å²) in [6, 6.07) is 5.05. The maximum atomic E-state index is 10.7. The molecule has 0 aliphatic rings. The number of hydrogen-bond acceptors (Lipinski definition) is 3. The minimum Gasteiger partial charge on any atom is -0.393 e. The fourth-order valence-electron chi connectivity index (χ4n) is 1.46. The molecule has 4 heteroatoms. The molecule has 1 rings (SSSR count). The average Bonchev–Trinajstić information content (AvgIpc) is 2.14. The van der Waals surface area contributed by atoms with E-state index in [1.165, 1.54) is 6.07 Å². The third kappa shape index (κ3) is 3.32. The first-order valence-corrected chi connectivity index (χ1v) is 4.92. The summed E-state index contributed by atoms with van der Waals surface area (Å²) in [6.07, 6.45) is 0.657. The summed E-state index contributed by atoms with van der Waals surface area (Å²) in [7, 11) is 0. The van der Waals surface area contributed by atoms with Crippen molar-refractivity contribution in [1.82, 2.24) is 0 Å². The van der Waals surface area contributed by atoms with Gasteiger partial charge in [0.25, 0.3) is 5.69 Å². The van der Waals surface area contributed by atoms with Crippen LogP contribution in [0.15, 0.2) is 18.2 Å². The van der Waals surface area contributed by atoms with Crippen LogP contribution in [-0.2, 0) is 6.42 Å². The molecule has 0 aliphatic carbocycles. The van der Waals surface area contributed by atoms with E-state index in [1.807, 2.05) is 6.92 Å². The van der Waals surface area contributed by atoms with E-state index in [0.717, 1.165) is 5.56 Å². The van der Waals surface area contributed by atoms with Crippen molar-refractivity contribution in [2.45, 2.75) is 32.8 Å². The van der Waals surface area contributed by atoms with Crippen molar-refractivity contribution in [2.24, 2.45) is 0 Å². The van der Waals surface area contributed by atoms with Crippen molar-refractivity contribution in [3.63, 3.8) is 0 Å². The van der Waals surface area contributed by atoms with Gasteiger partial charge in [-0.1, -0.05) is 11.6 Å². The van der Waals surface area contributed by atoms with Gasteiger partial charge in [0.2, 0.25) is 0 Å². The van der Waals surface area contributed by atoms with Gasteiger partial charge in [-0.15, -0.1) is 0 Å². The van der Waals surface area contributed by atoms with Gasteiger partial charge in [-0.25, -0.2) is 0 Å². The third-order valence-electron chi connectivity index (χ3n) is 2.26. The Hall–Kier alpha value is -1.42. The highest BCUT2D eigenvalue weighted by Crippen LogP contribution is 2.21. The topological polar surface area (TPSA) is 63.4 Å². The monoisotopic (exact) mass is 209 g/mol. The number of rotatable bonds is 4. The third-order valence-corrected chi connectivity index (χ3v) is 2.26. The highest BCUT2D eigenvalue weighted by Gasteiger charge is 2.13. The van der Waals surface area contributed by atoms with Crippen LogP contribution < -0.4 is 0 Å². The van der Waals surface area contributed by atoms with E-state index in [-0.39, 0.29) is 10.6 Å². The highest BCUT2D eigenvalue weighted by molar-refractivity contribution is 5.42. The van der Waals surface area contributed by atoms with Crippen molar-refractivity contribution >= 4 is 5.69 Å². The fourth-order valence-corrected chi connectivity index (χ4v) is 1.46. The number of hydrogen-bond donors (Lipinski definition) is 1. The molecule has 1 aromatic rings. The van der Waals surface area contributed by atoms with E-state index in [1.54, 1.807) is 19.1 Å². The summed E-state index contributed by atoms with van der Waals surface area (Å²) in [5.41, 5.74) is 1.84. The van der Waals surface area contributed by atoms with Crippen LogP contribution in [0.5, 0.6) is 0 Å². The van der Waals surface area contributed by atoms with Gasteiger partial charge in [-0.2, -0.15) is 0 Å². The van der Waals surface area contributed by atoms with Gasteiger partial charge in [0, 0.05) is 11.6 Å². The lowest BCUT2D eigenvalue weighted by Crippen LogP contribution is -2.03. The second kappa shape index (κ2) is 4.89. The van der Waals surface area contributed by atoms with Crippen LogP contribution in [0, 0.1) is 17.0 Å². The van der Waals surface area contributed by atoms with E-state index in [4.69, 9.17) is 5.11 Å². The van der Waals surface area contributed by atoms with Crippen LogP contribution >= 0.6 is 0 Å². The Morgan fingerprint density at radius 3 is 2.73 bits per heavy atom. The molecule has 0 saturated heterocycles. The predicted octanol–water partition coefficient (Wildman–Crippen LogP) is 2.22. The lowest BCUT2D eigenvalue weighted by molar-refractivity contribution is -0.385. The Labute approximate surface area is 88.7 Å². The van der Waals surface area contributed by atoms with E-state index >= 15 is 0 Å². The van der Waals surface area contributed by atoms with Gasteiger partial charge in [-0.05, 0) is 32.8 Å². The molecule has 0 saturated carbocycles. The van der Waals surface area contributed by atoms with Crippen LogP contribution in [0.25, 0.3) is 0 Å². The van der Waals surface area contributed by atoms with Crippen molar-refractivity contribution in [1.29, 1.82) is 0 Å². The van der Waals surface area contributed by atoms with Crippen molar-refractivity contribution in [3.05, 3.63) is 39.4 Å². The molecule has 1 N–H and O–H groups in total. The molecule has 15 heavy (non-hydrogen) atoms. The lowest BCUT2D eigenvalue weighted by atomic mass is 10.0. The molecular formula is C11H15NO3. The average molecular weight is 209 g/mol. The number of nitro benzene ring substituents is 1. The van der Waals surface area contributed by atoms with Crippen LogP contribution in [0.2, 0.25) is 0 Å². The summed E-state index contributed by atoms with van der Waals surface area (Å²) >= 11 is 0. The number of benzene rings is 1. The van der Waals surface area contributed by atoms with Crippen LogP contribution in [0.3, 0.4) is 0 Å². The first-order valence-electron chi connectivity index (χ1n) is 4.92. The molecule has 0 heterocycles. The Morgan fingerprint density at radius 1 is 1.53 bits per heavy atom. The molecule has 82 valence electrons. The molecule has 0 spiro atoms. The standard InChI is InChI=1S/C11H15NO3/c1-8-3-6-11(12(14)15)10(7-8)5-4-9(2)13/h3,6-7,9,13H,4-5H2,1-2H3/t9-/m0/s1. The van der Waals surface area contributed by atoms with Crippen molar-refractivity contribution in [2.75, 3.05) is 0 Å². The largest absolute Gasteiger partial charge is 0.393 e. The number of aliphatic hydroxyl groups excluding tert-OH is 1. The second-order valence-electron chi connectivity index (χ2n) is 3.78. The highest BCUT2D eigenvalue weighted by atomic mass is 16.6. The summed E-state index contributed by atoms with van der Waals surface area (Å²) in [5.74, 6) is 0. The van der Waals surface area contributed by atoms with E-state index in [9.17, 15) is 10.1 Å². The van der Waals surface area contributed by atoms with E-state index in [2.05, 4.69) is 0 Å². The summed E-state index contributed by atoms with van der Waals surface area (Å²) in [6.45, 7) is 3.58. The van der Waals surface area contributed by atoms with Gasteiger partial charge in [0.15, 0.2) is 0 Å². The SMILES string of the molecule is Cc1ccc([N+](=O)[O-])c(CC[C@H](C)O)c1. The Balaban J connectivity index is 2.92. The van der Waals surface area contributed by atoms with Gasteiger partial charge < -0.3 is 5.11 Å². The lowest BCUT2D eigenvalue weighted by Gasteiger charge is -2.05. The molecule has 0 bridgehead atoms. The zero-order valence-corrected chi connectivity index (χ0v) is 8.93. The normalized spacial score (nSPS) is 12.5. The first kappa shape index (κ1) is 11.7. The summed E-state index contributed by atoms with van der Waals surface area (Å²) in [4.78, 5) is 10.3. The van der Waals surface area contributed by atoms with Crippen LogP contribution in [0.4, 0.5) is 5.69 Å². The smallest absolute Gasteiger partial charge is 0.272 e. The number of nitro groups is 1. The quantitative estimate of drug-likeness (QED) is 0.610. The molecule has 0 radical (unpaired) electrons. The molecular weight excluding hydrogens is 194 g/mol. The number of aliphatic hydroxyl groups is 1. The molecule has 0 aromatic heterocycles. The van der Waals surface area contributed by atoms with Crippen molar-refractivity contribution < 1.29 is 10.0 Å². The van der Waals surface area contributed by atoms with Gasteiger partial charge >= 0.3 is 0 Å². The summed E-state index contributed by atoms with van der Waals surface area (Å²) < 4.78 is 0. The minimum atomic E-state index is -0.426. The predicted molar refractivity (Wildman–Crippen MR) is 57.8 cm³/mol. The molecule has 1 aromatic carbocycles. The molecule has 4 nitrogen and oxygen atoms in total. The maximum Gasteiger partial charge on any atom is 0.272 e. The Bertz CT molecular complexity index is 361. The molecule has 0 unspecified atom stereocenters.